The Balaban J connectivity index is 3.12. The van der Waals surface area contributed by atoms with E-state index >= 15 is 0 Å². The molecule has 1 aromatic heterocycles. The number of aliphatic hydroxyl groups is 1. The van der Waals surface area contributed by atoms with Crippen molar-refractivity contribution in [3.05, 3.63) is 17.2 Å². The minimum atomic E-state index is -1.14. The molecule has 0 unspecified atom stereocenters. The molecule has 0 aliphatic rings. The number of nitrogens with one attached hydrogen (secondary N) is 1. The highest BCUT2D eigenvalue weighted by Gasteiger charge is 2.28. The molecule has 84 valence electrons. The zero-order chi connectivity index (χ0) is 11.6. The van der Waals surface area contributed by atoms with Crippen molar-refractivity contribution < 1.29 is 14.6 Å². The van der Waals surface area contributed by atoms with E-state index in [0.29, 0.717) is 11.5 Å². The summed E-state index contributed by atoms with van der Waals surface area (Å²) in [6.07, 6.45) is 0. The van der Waals surface area contributed by atoms with Crippen molar-refractivity contribution in [1.82, 2.24) is 9.97 Å². The molecule has 5 nitrogen and oxygen atoms in total. The first-order chi connectivity index (χ1) is 6.86. The van der Waals surface area contributed by atoms with Crippen LogP contribution in [-0.4, -0.2) is 27.7 Å². The van der Waals surface area contributed by atoms with Gasteiger partial charge in [-0.3, -0.25) is 0 Å². The fraction of sp³-hybridized carbons (Fsp3) is 0.600. The first-order valence-corrected chi connectivity index (χ1v) is 4.82. The Morgan fingerprint density at radius 1 is 1.60 bits per heavy atom. The molecule has 0 bridgehead atoms. The van der Waals surface area contributed by atoms with E-state index in [4.69, 9.17) is 4.74 Å². The Kier molecular flexibility index (Phi) is 3.14. The van der Waals surface area contributed by atoms with Gasteiger partial charge in [-0.1, -0.05) is 0 Å². The van der Waals surface area contributed by atoms with Crippen LogP contribution in [0.15, 0.2) is 0 Å². The van der Waals surface area contributed by atoms with E-state index in [9.17, 15) is 9.90 Å². The molecule has 0 aromatic carbocycles. The summed E-state index contributed by atoms with van der Waals surface area (Å²) in [7, 11) is 0. The van der Waals surface area contributed by atoms with Gasteiger partial charge in [-0.05, 0) is 27.7 Å². The molecule has 5 heteroatoms. The van der Waals surface area contributed by atoms with Crippen LogP contribution in [-0.2, 0) is 10.3 Å². The zero-order valence-corrected chi connectivity index (χ0v) is 9.42. The maximum Gasteiger partial charge on any atom is 0.358 e. The van der Waals surface area contributed by atoms with Crippen LogP contribution in [0.2, 0.25) is 0 Å². The Morgan fingerprint density at radius 2 is 2.20 bits per heavy atom. The van der Waals surface area contributed by atoms with Crippen LogP contribution in [0.1, 0.15) is 42.8 Å². The molecular weight excluding hydrogens is 196 g/mol. The molecule has 15 heavy (non-hydrogen) atoms. The van der Waals surface area contributed by atoms with Crippen LogP contribution in [0.5, 0.6) is 0 Å². The average molecular weight is 212 g/mol. The number of esters is 1. The number of H-pyrrole nitrogens is 1. The normalized spacial score (nSPS) is 11.5. The van der Waals surface area contributed by atoms with Crippen LogP contribution in [0.3, 0.4) is 0 Å². The molecule has 0 aliphatic carbocycles. The van der Waals surface area contributed by atoms with Gasteiger partial charge in [-0.25, -0.2) is 9.78 Å². The molecule has 0 saturated carbocycles. The van der Waals surface area contributed by atoms with Gasteiger partial charge >= 0.3 is 5.97 Å². The lowest BCUT2D eigenvalue weighted by molar-refractivity contribution is 0.0476. The minimum absolute atomic E-state index is 0.154. The fourth-order valence-corrected chi connectivity index (χ4v) is 1.28. The van der Waals surface area contributed by atoms with Crippen molar-refractivity contribution in [3.63, 3.8) is 0 Å². The summed E-state index contributed by atoms with van der Waals surface area (Å²) < 4.78 is 4.84. The first-order valence-electron chi connectivity index (χ1n) is 4.82. The molecule has 1 heterocycles. The topological polar surface area (TPSA) is 75.2 Å². The van der Waals surface area contributed by atoms with Crippen molar-refractivity contribution in [2.75, 3.05) is 6.61 Å². The molecular formula is C10H16N2O3. The lowest BCUT2D eigenvalue weighted by Gasteiger charge is -2.16. The summed E-state index contributed by atoms with van der Waals surface area (Å²) in [5.74, 6) is 0.0640. The summed E-state index contributed by atoms with van der Waals surface area (Å²) >= 11 is 0. The molecule has 1 rings (SSSR count). The molecule has 0 saturated heterocycles. The highest BCUT2D eigenvalue weighted by molar-refractivity contribution is 5.88. The van der Waals surface area contributed by atoms with Gasteiger partial charge in [0, 0.05) is 0 Å². The number of imidazole rings is 1. The average Bonchev–Trinajstić information content (AvgIpc) is 2.47. The van der Waals surface area contributed by atoms with E-state index in [-0.39, 0.29) is 12.3 Å². The van der Waals surface area contributed by atoms with Gasteiger partial charge in [-0.15, -0.1) is 0 Å². The predicted molar refractivity (Wildman–Crippen MR) is 54.5 cm³/mol. The summed E-state index contributed by atoms with van der Waals surface area (Å²) in [5.41, 5.74) is -0.594. The quantitative estimate of drug-likeness (QED) is 0.736. The molecule has 0 spiro atoms. The van der Waals surface area contributed by atoms with Crippen LogP contribution in [0.25, 0.3) is 0 Å². The molecule has 2 N–H and O–H groups in total. The highest BCUT2D eigenvalue weighted by Crippen LogP contribution is 2.22. The van der Waals surface area contributed by atoms with Gasteiger partial charge in [0.15, 0.2) is 5.69 Å². The maximum atomic E-state index is 11.5. The van der Waals surface area contributed by atoms with Gasteiger partial charge in [0.2, 0.25) is 0 Å². The van der Waals surface area contributed by atoms with E-state index < -0.39 is 11.6 Å². The van der Waals surface area contributed by atoms with Gasteiger partial charge < -0.3 is 14.8 Å². The second kappa shape index (κ2) is 4.02. The lowest BCUT2D eigenvalue weighted by atomic mass is 10.0. The highest BCUT2D eigenvalue weighted by atomic mass is 16.5. The van der Waals surface area contributed by atoms with Gasteiger partial charge in [0.1, 0.15) is 11.4 Å². The third kappa shape index (κ3) is 2.56. The van der Waals surface area contributed by atoms with Crippen LogP contribution in [0, 0.1) is 6.92 Å². The van der Waals surface area contributed by atoms with Crippen LogP contribution >= 0.6 is 0 Å². The van der Waals surface area contributed by atoms with Crippen LogP contribution < -0.4 is 0 Å². The largest absolute Gasteiger partial charge is 0.461 e. The summed E-state index contributed by atoms with van der Waals surface area (Å²) in [6.45, 7) is 6.90. The van der Waals surface area contributed by atoms with Crippen molar-refractivity contribution in [1.29, 1.82) is 0 Å². The zero-order valence-electron chi connectivity index (χ0n) is 9.42. The smallest absolute Gasteiger partial charge is 0.358 e. The Hall–Kier alpha value is -1.36. The number of hydrogen-bond donors (Lipinski definition) is 2. The number of carbonyl (C=O) groups excluding carboxylic acids is 1. The molecule has 0 atom stereocenters. The van der Waals surface area contributed by atoms with Crippen molar-refractivity contribution in [3.8, 4) is 0 Å². The van der Waals surface area contributed by atoms with Gasteiger partial charge in [-0.2, -0.15) is 0 Å². The Labute approximate surface area is 88.5 Å². The summed E-state index contributed by atoms with van der Waals surface area (Å²) in [6, 6.07) is 0. The van der Waals surface area contributed by atoms with Crippen molar-refractivity contribution in [2.24, 2.45) is 0 Å². The molecule has 0 radical (unpaired) electrons. The third-order valence-corrected chi connectivity index (χ3v) is 1.90. The molecule has 0 fully saturated rings. The maximum absolute atomic E-state index is 11.5. The second-order valence-electron chi connectivity index (χ2n) is 3.83. The van der Waals surface area contributed by atoms with Crippen LogP contribution in [0.4, 0.5) is 0 Å². The fourth-order valence-electron chi connectivity index (χ4n) is 1.28. The second-order valence-corrected chi connectivity index (χ2v) is 3.83. The standard InChI is InChI=1S/C10H16N2O3/c1-5-15-9(13)7-8(10(3,4)14)12-6(2)11-7/h14H,5H2,1-4H3,(H,11,12). The number of carbonyl (C=O) groups is 1. The number of rotatable bonds is 3. The molecule has 0 aliphatic heterocycles. The number of aromatic nitrogens is 2. The molecule has 1 aromatic rings. The Bertz CT molecular complexity index is 363. The lowest BCUT2D eigenvalue weighted by Crippen LogP contribution is -2.21. The van der Waals surface area contributed by atoms with E-state index in [2.05, 4.69) is 9.97 Å². The molecule has 0 amide bonds. The van der Waals surface area contributed by atoms with Gasteiger partial charge in [0.25, 0.3) is 0 Å². The predicted octanol–water partition coefficient (Wildman–Crippen LogP) is 1.12. The number of aryl methyl sites for hydroxylation is 1. The number of ether oxygens (including phenoxy) is 1. The first kappa shape index (κ1) is 11.7. The minimum Gasteiger partial charge on any atom is -0.461 e. The Morgan fingerprint density at radius 3 is 2.67 bits per heavy atom. The number of nitrogens with zero attached hydrogens (tertiary/aromatic N) is 1. The SMILES string of the molecule is CCOC(=O)c1nc(C)[nH]c1C(C)(C)O. The van der Waals surface area contributed by atoms with Crippen molar-refractivity contribution >= 4 is 5.97 Å². The third-order valence-electron chi connectivity index (χ3n) is 1.90. The number of aromatic amines is 1. The monoisotopic (exact) mass is 212 g/mol. The van der Waals surface area contributed by atoms with Gasteiger partial charge in [0.05, 0.1) is 12.3 Å². The van der Waals surface area contributed by atoms with E-state index in [1.165, 1.54) is 0 Å². The summed E-state index contributed by atoms with van der Waals surface area (Å²) in [4.78, 5) is 18.4. The number of hydrogen-bond acceptors (Lipinski definition) is 4. The van der Waals surface area contributed by atoms with Crippen molar-refractivity contribution in [2.45, 2.75) is 33.3 Å². The van der Waals surface area contributed by atoms with E-state index in [0.717, 1.165) is 0 Å². The van der Waals surface area contributed by atoms with E-state index in [1.807, 2.05) is 0 Å². The van der Waals surface area contributed by atoms with E-state index in [1.54, 1.807) is 27.7 Å². The summed E-state index contributed by atoms with van der Waals surface area (Å²) in [5, 5.41) is 9.82.